The molecule has 1 aromatic carbocycles. The average molecular weight is 404 g/mol. The number of benzene rings is 1. The molecule has 2 aliphatic rings. The summed E-state index contributed by atoms with van der Waals surface area (Å²) < 4.78 is 25.3. The van der Waals surface area contributed by atoms with Crippen LogP contribution in [0.25, 0.3) is 0 Å². The van der Waals surface area contributed by atoms with Crippen molar-refractivity contribution in [2.45, 2.75) is 39.4 Å². The summed E-state index contributed by atoms with van der Waals surface area (Å²) >= 11 is 0. The fraction of sp³-hybridized carbons (Fsp3) is 0.500. The normalized spacial score (nSPS) is 20.6. The van der Waals surface area contributed by atoms with E-state index in [1.807, 2.05) is 17.0 Å². The second-order valence-corrected chi connectivity index (χ2v) is 7.36. The molecule has 2 heterocycles. The van der Waals surface area contributed by atoms with Gasteiger partial charge in [0.1, 0.15) is 17.6 Å². The molecule has 29 heavy (non-hydrogen) atoms. The molecule has 1 aromatic rings. The molecule has 158 valence electrons. The van der Waals surface area contributed by atoms with Crippen molar-refractivity contribution in [2.75, 3.05) is 32.9 Å². The molecule has 0 aromatic heterocycles. The van der Waals surface area contributed by atoms with Crippen LogP contribution in [0.5, 0.6) is 0 Å². The summed E-state index contributed by atoms with van der Waals surface area (Å²) in [6.07, 6.45) is 3.55. The SMILES string of the molecule is CCCCOC1=C(C(=O)O)C(C)=CC(N2CCOCC2)N1Cc1cccc(F)c1. The predicted octanol–water partition coefficient (Wildman–Crippen LogP) is 3.36. The zero-order valence-corrected chi connectivity index (χ0v) is 17.1. The maximum absolute atomic E-state index is 13.8. The molecule has 1 fully saturated rings. The minimum Gasteiger partial charge on any atom is -0.478 e. The van der Waals surface area contributed by atoms with Gasteiger partial charge in [-0.1, -0.05) is 25.5 Å². The van der Waals surface area contributed by atoms with E-state index in [1.54, 1.807) is 13.0 Å². The Morgan fingerprint density at radius 1 is 1.34 bits per heavy atom. The van der Waals surface area contributed by atoms with Crippen LogP contribution < -0.4 is 0 Å². The number of carboxylic acid groups (broad SMARTS) is 1. The second-order valence-electron chi connectivity index (χ2n) is 7.36. The van der Waals surface area contributed by atoms with Gasteiger partial charge in [-0.25, -0.2) is 9.18 Å². The Bertz CT molecular complexity index is 787. The van der Waals surface area contributed by atoms with Gasteiger partial charge >= 0.3 is 5.97 Å². The minimum absolute atomic E-state index is 0.169. The van der Waals surface area contributed by atoms with Gasteiger partial charge in [0.15, 0.2) is 0 Å². The van der Waals surface area contributed by atoms with E-state index in [0.717, 1.165) is 31.5 Å². The van der Waals surface area contributed by atoms with Crippen molar-refractivity contribution >= 4 is 5.97 Å². The van der Waals surface area contributed by atoms with Crippen molar-refractivity contribution in [3.05, 3.63) is 58.8 Å². The standard InChI is InChI=1S/C22H29FN2O4/c1-3-4-10-29-21-20(22(26)27)16(2)13-19(24-8-11-28-12-9-24)25(21)15-17-6-5-7-18(23)14-17/h5-7,13-14,19H,3-4,8-12,15H2,1-2H3,(H,26,27). The Labute approximate surface area is 171 Å². The van der Waals surface area contributed by atoms with Gasteiger partial charge in [0.2, 0.25) is 5.88 Å². The van der Waals surface area contributed by atoms with E-state index in [4.69, 9.17) is 9.47 Å². The van der Waals surface area contributed by atoms with Crippen LogP contribution >= 0.6 is 0 Å². The van der Waals surface area contributed by atoms with Gasteiger partial charge in [0.25, 0.3) is 0 Å². The first-order valence-corrected chi connectivity index (χ1v) is 10.1. The number of ether oxygens (including phenoxy) is 2. The van der Waals surface area contributed by atoms with E-state index >= 15 is 0 Å². The Hall–Kier alpha value is -2.38. The number of nitrogens with zero attached hydrogens (tertiary/aromatic N) is 2. The Morgan fingerprint density at radius 3 is 2.76 bits per heavy atom. The Balaban J connectivity index is 2.00. The van der Waals surface area contributed by atoms with E-state index < -0.39 is 5.97 Å². The number of aliphatic carboxylic acids is 1. The fourth-order valence-electron chi connectivity index (χ4n) is 3.70. The van der Waals surface area contributed by atoms with Crippen molar-refractivity contribution in [3.8, 4) is 0 Å². The smallest absolute Gasteiger partial charge is 0.341 e. The molecular formula is C22H29FN2O4. The van der Waals surface area contributed by atoms with E-state index in [1.165, 1.54) is 12.1 Å². The van der Waals surface area contributed by atoms with Gasteiger partial charge in [-0.15, -0.1) is 0 Å². The first kappa shape index (κ1) is 21.3. The first-order chi connectivity index (χ1) is 14.0. The molecule has 7 heteroatoms. The largest absolute Gasteiger partial charge is 0.478 e. The average Bonchev–Trinajstić information content (AvgIpc) is 2.70. The topological polar surface area (TPSA) is 62.2 Å². The molecule has 1 N–H and O–H groups in total. The summed E-state index contributed by atoms with van der Waals surface area (Å²) in [5, 5.41) is 9.86. The fourth-order valence-corrected chi connectivity index (χ4v) is 3.70. The molecule has 2 aliphatic heterocycles. The number of morpholine rings is 1. The van der Waals surface area contributed by atoms with Crippen LogP contribution in [0.4, 0.5) is 4.39 Å². The van der Waals surface area contributed by atoms with Crippen molar-refractivity contribution in [2.24, 2.45) is 0 Å². The molecule has 0 amide bonds. The van der Waals surface area contributed by atoms with E-state index in [0.29, 0.717) is 37.8 Å². The summed E-state index contributed by atoms with van der Waals surface area (Å²) in [4.78, 5) is 16.2. The molecule has 0 aliphatic carbocycles. The quantitative estimate of drug-likeness (QED) is 0.671. The van der Waals surface area contributed by atoms with Gasteiger partial charge in [0.05, 0.1) is 19.8 Å². The molecule has 0 radical (unpaired) electrons. The number of carbonyl (C=O) groups is 1. The van der Waals surface area contributed by atoms with E-state index in [9.17, 15) is 14.3 Å². The summed E-state index contributed by atoms with van der Waals surface area (Å²) in [5.74, 6) is -0.980. The number of carboxylic acids is 1. The van der Waals surface area contributed by atoms with Gasteiger partial charge in [-0.3, -0.25) is 4.90 Å². The number of hydrogen-bond donors (Lipinski definition) is 1. The lowest BCUT2D eigenvalue weighted by Crippen LogP contribution is -2.53. The summed E-state index contributed by atoms with van der Waals surface area (Å²) in [7, 11) is 0. The Morgan fingerprint density at radius 2 is 2.10 bits per heavy atom. The van der Waals surface area contributed by atoms with Crippen LogP contribution in [-0.4, -0.2) is 60.0 Å². The maximum Gasteiger partial charge on any atom is 0.341 e. The highest BCUT2D eigenvalue weighted by atomic mass is 19.1. The third kappa shape index (κ3) is 5.16. The van der Waals surface area contributed by atoms with Gasteiger partial charge < -0.3 is 19.5 Å². The molecule has 6 nitrogen and oxygen atoms in total. The van der Waals surface area contributed by atoms with Crippen LogP contribution in [0.3, 0.4) is 0 Å². The molecule has 1 unspecified atom stereocenters. The lowest BCUT2D eigenvalue weighted by atomic mass is 10.0. The summed E-state index contributed by atoms with van der Waals surface area (Å²) in [6.45, 7) is 7.37. The minimum atomic E-state index is -1.02. The molecular weight excluding hydrogens is 375 g/mol. The lowest BCUT2D eigenvalue weighted by molar-refractivity contribution is -0.133. The molecule has 0 saturated carbocycles. The zero-order chi connectivity index (χ0) is 20.8. The van der Waals surface area contributed by atoms with E-state index in [-0.39, 0.29) is 17.6 Å². The highest BCUT2D eigenvalue weighted by Gasteiger charge is 2.35. The van der Waals surface area contributed by atoms with Crippen LogP contribution in [0, 0.1) is 5.82 Å². The highest BCUT2D eigenvalue weighted by molar-refractivity contribution is 5.92. The maximum atomic E-state index is 13.8. The van der Waals surface area contributed by atoms with Crippen LogP contribution in [0.1, 0.15) is 32.3 Å². The van der Waals surface area contributed by atoms with Crippen LogP contribution in [-0.2, 0) is 20.8 Å². The van der Waals surface area contributed by atoms with Crippen molar-refractivity contribution in [3.63, 3.8) is 0 Å². The molecule has 3 rings (SSSR count). The summed E-state index contributed by atoms with van der Waals surface area (Å²) in [5.41, 5.74) is 1.61. The lowest BCUT2D eigenvalue weighted by Gasteiger charge is -2.44. The van der Waals surface area contributed by atoms with Crippen molar-refractivity contribution in [1.29, 1.82) is 0 Å². The molecule has 0 spiro atoms. The van der Waals surface area contributed by atoms with Crippen molar-refractivity contribution < 1.29 is 23.8 Å². The summed E-state index contributed by atoms with van der Waals surface area (Å²) in [6, 6.07) is 6.39. The monoisotopic (exact) mass is 404 g/mol. The predicted molar refractivity (Wildman–Crippen MR) is 107 cm³/mol. The third-order valence-corrected chi connectivity index (χ3v) is 5.20. The molecule has 1 saturated heterocycles. The molecule has 1 atom stereocenters. The number of halogens is 1. The molecule has 0 bridgehead atoms. The first-order valence-electron chi connectivity index (χ1n) is 10.1. The third-order valence-electron chi connectivity index (χ3n) is 5.20. The van der Waals surface area contributed by atoms with Gasteiger partial charge in [-0.05, 0) is 42.7 Å². The van der Waals surface area contributed by atoms with Crippen LogP contribution in [0.15, 0.2) is 47.4 Å². The number of unbranched alkanes of at least 4 members (excludes halogenated alkanes) is 1. The van der Waals surface area contributed by atoms with Crippen LogP contribution in [0.2, 0.25) is 0 Å². The number of rotatable bonds is 8. The highest BCUT2D eigenvalue weighted by Crippen LogP contribution is 2.32. The van der Waals surface area contributed by atoms with Gasteiger partial charge in [-0.2, -0.15) is 0 Å². The number of hydrogen-bond acceptors (Lipinski definition) is 5. The second kappa shape index (κ2) is 9.89. The Kier molecular flexibility index (Phi) is 7.28. The van der Waals surface area contributed by atoms with E-state index in [2.05, 4.69) is 11.8 Å². The van der Waals surface area contributed by atoms with Crippen molar-refractivity contribution in [1.82, 2.24) is 9.80 Å². The zero-order valence-electron chi connectivity index (χ0n) is 17.1. The van der Waals surface area contributed by atoms with Gasteiger partial charge in [0, 0.05) is 19.6 Å².